The van der Waals surface area contributed by atoms with Crippen LogP contribution in [0.4, 0.5) is 0 Å². The molecule has 1 atom stereocenters. The minimum absolute atomic E-state index is 0.0831. The van der Waals surface area contributed by atoms with Gasteiger partial charge in [-0.2, -0.15) is 0 Å². The Kier molecular flexibility index (Phi) is 4.73. The molecule has 0 saturated heterocycles. The Morgan fingerprint density at radius 2 is 1.97 bits per heavy atom. The SMILES string of the molecule is Cc1nc(C(=O)N2CCc3sccc3[C@H]2c2cccs2)nn1-c1ccc(Cl)cc1. The molecular formula is C21H17ClN4OS2. The Hall–Kier alpha value is -2.48. The molecule has 1 amide bonds. The Balaban J connectivity index is 1.52. The molecule has 0 aliphatic carbocycles. The molecular weight excluding hydrogens is 424 g/mol. The van der Waals surface area contributed by atoms with E-state index in [1.54, 1.807) is 39.5 Å². The van der Waals surface area contributed by atoms with Crippen LogP contribution in [-0.2, 0) is 6.42 Å². The minimum Gasteiger partial charge on any atom is -0.323 e. The number of halogens is 1. The predicted molar refractivity (Wildman–Crippen MR) is 116 cm³/mol. The Bertz CT molecular complexity index is 1160. The van der Waals surface area contributed by atoms with Gasteiger partial charge in [-0.15, -0.1) is 27.8 Å². The van der Waals surface area contributed by atoms with Gasteiger partial charge in [0.1, 0.15) is 5.82 Å². The summed E-state index contributed by atoms with van der Waals surface area (Å²) < 4.78 is 1.68. The number of fused-ring (bicyclic) bond motifs is 1. The van der Waals surface area contributed by atoms with Crippen LogP contribution in [0.1, 0.15) is 37.8 Å². The maximum atomic E-state index is 13.5. The molecule has 0 N–H and O–H groups in total. The van der Waals surface area contributed by atoms with Crippen molar-refractivity contribution in [2.24, 2.45) is 0 Å². The van der Waals surface area contributed by atoms with E-state index < -0.39 is 0 Å². The molecule has 8 heteroatoms. The molecule has 5 nitrogen and oxygen atoms in total. The average molecular weight is 441 g/mol. The lowest BCUT2D eigenvalue weighted by Gasteiger charge is -2.34. The molecule has 5 rings (SSSR count). The van der Waals surface area contributed by atoms with Gasteiger partial charge in [-0.05, 0) is 66.1 Å². The Morgan fingerprint density at radius 3 is 2.72 bits per heavy atom. The summed E-state index contributed by atoms with van der Waals surface area (Å²) in [5, 5.41) is 9.34. The van der Waals surface area contributed by atoms with Crippen molar-refractivity contribution in [2.45, 2.75) is 19.4 Å². The van der Waals surface area contributed by atoms with Gasteiger partial charge >= 0.3 is 0 Å². The third kappa shape index (κ3) is 3.29. The lowest BCUT2D eigenvalue weighted by atomic mass is 9.98. The van der Waals surface area contributed by atoms with Crippen molar-refractivity contribution in [1.82, 2.24) is 19.7 Å². The largest absolute Gasteiger partial charge is 0.323 e. The number of carbonyl (C=O) groups is 1. The summed E-state index contributed by atoms with van der Waals surface area (Å²) in [6.45, 7) is 2.51. The highest BCUT2D eigenvalue weighted by Crippen LogP contribution is 2.39. The number of benzene rings is 1. The zero-order valence-corrected chi connectivity index (χ0v) is 18.0. The van der Waals surface area contributed by atoms with Crippen molar-refractivity contribution < 1.29 is 4.79 Å². The maximum absolute atomic E-state index is 13.5. The van der Waals surface area contributed by atoms with E-state index in [-0.39, 0.29) is 17.8 Å². The van der Waals surface area contributed by atoms with Crippen molar-refractivity contribution in [3.63, 3.8) is 0 Å². The van der Waals surface area contributed by atoms with Gasteiger partial charge in [0.05, 0.1) is 11.7 Å². The van der Waals surface area contributed by atoms with Crippen LogP contribution >= 0.6 is 34.3 Å². The second-order valence-corrected chi connectivity index (χ2v) is 9.25. The quantitative estimate of drug-likeness (QED) is 0.443. The van der Waals surface area contributed by atoms with Crippen molar-refractivity contribution in [2.75, 3.05) is 6.54 Å². The lowest BCUT2D eigenvalue weighted by Crippen LogP contribution is -2.40. The second-order valence-electron chi connectivity index (χ2n) is 6.84. The summed E-state index contributed by atoms with van der Waals surface area (Å²) in [6.07, 6.45) is 0.859. The fraction of sp³-hybridized carbons (Fsp3) is 0.190. The zero-order valence-electron chi connectivity index (χ0n) is 15.6. The number of hydrogen-bond donors (Lipinski definition) is 0. The van der Waals surface area contributed by atoms with Crippen molar-refractivity contribution >= 4 is 40.2 Å². The van der Waals surface area contributed by atoms with E-state index in [1.165, 1.54) is 10.4 Å². The highest BCUT2D eigenvalue weighted by atomic mass is 35.5. The molecule has 146 valence electrons. The molecule has 0 fully saturated rings. The summed E-state index contributed by atoms with van der Waals surface area (Å²) in [5.74, 6) is 0.741. The summed E-state index contributed by atoms with van der Waals surface area (Å²) in [6, 6.07) is 13.5. The lowest BCUT2D eigenvalue weighted by molar-refractivity contribution is 0.0686. The fourth-order valence-corrected chi connectivity index (χ4v) is 5.61. The van der Waals surface area contributed by atoms with Gasteiger partial charge in [0.2, 0.25) is 5.82 Å². The molecule has 4 aromatic rings. The number of amides is 1. The van der Waals surface area contributed by atoms with E-state index in [4.69, 9.17) is 11.6 Å². The van der Waals surface area contributed by atoms with Crippen LogP contribution in [0.3, 0.4) is 0 Å². The molecule has 0 radical (unpaired) electrons. The van der Waals surface area contributed by atoms with E-state index in [2.05, 4.69) is 33.0 Å². The molecule has 1 aromatic carbocycles. The molecule has 3 aromatic heterocycles. The van der Waals surface area contributed by atoms with Crippen LogP contribution in [0.5, 0.6) is 0 Å². The number of nitrogens with zero attached hydrogens (tertiary/aromatic N) is 4. The summed E-state index contributed by atoms with van der Waals surface area (Å²) >= 11 is 9.42. The van der Waals surface area contributed by atoms with Gasteiger partial charge in [-0.3, -0.25) is 4.79 Å². The van der Waals surface area contributed by atoms with Crippen molar-refractivity contribution in [1.29, 1.82) is 0 Å². The summed E-state index contributed by atoms with van der Waals surface area (Å²) in [5.41, 5.74) is 2.04. The van der Waals surface area contributed by atoms with Gasteiger partial charge in [0, 0.05) is 21.3 Å². The molecule has 1 aliphatic rings. The van der Waals surface area contributed by atoms with E-state index in [9.17, 15) is 4.79 Å². The number of hydrogen-bond acceptors (Lipinski definition) is 5. The standard InChI is InChI=1S/C21H17ClN4OS2/c1-13-23-20(24-26(13)15-6-4-14(22)5-7-15)21(27)25-10-8-17-16(9-12-29-17)19(25)18-3-2-11-28-18/h2-7,9,11-12,19H,8,10H2,1H3/t19-/m0/s1. The number of rotatable bonds is 3. The monoisotopic (exact) mass is 440 g/mol. The van der Waals surface area contributed by atoms with E-state index in [0.717, 1.165) is 17.0 Å². The first-order valence-electron chi connectivity index (χ1n) is 9.22. The Labute approximate surface area is 181 Å². The second kappa shape index (κ2) is 7.40. The molecule has 4 heterocycles. The van der Waals surface area contributed by atoms with Crippen LogP contribution in [0.25, 0.3) is 5.69 Å². The van der Waals surface area contributed by atoms with Crippen LogP contribution in [0.15, 0.2) is 53.2 Å². The van der Waals surface area contributed by atoms with E-state index in [1.807, 2.05) is 30.0 Å². The van der Waals surface area contributed by atoms with Gasteiger partial charge in [-0.25, -0.2) is 9.67 Å². The minimum atomic E-state index is -0.143. The normalized spacial score (nSPS) is 16.1. The third-order valence-corrected chi connectivity index (χ3v) is 7.24. The first kappa shape index (κ1) is 18.5. The number of aromatic nitrogens is 3. The first-order chi connectivity index (χ1) is 14.1. The molecule has 0 saturated carbocycles. The molecule has 0 unspecified atom stereocenters. The fourth-order valence-electron chi connectivity index (χ4n) is 3.72. The van der Waals surface area contributed by atoms with Crippen LogP contribution in [0.2, 0.25) is 5.02 Å². The predicted octanol–water partition coefficient (Wildman–Crippen LogP) is 5.14. The van der Waals surface area contributed by atoms with Crippen LogP contribution < -0.4 is 0 Å². The van der Waals surface area contributed by atoms with Gasteiger partial charge in [-0.1, -0.05) is 17.7 Å². The molecule has 29 heavy (non-hydrogen) atoms. The molecule has 0 bridgehead atoms. The third-order valence-electron chi connectivity index (χ3n) is 5.07. The van der Waals surface area contributed by atoms with E-state index >= 15 is 0 Å². The highest BCUT2D eigenvalue weighted by Gasteiger charge is 2.35. The molecule has 1 aliphatic heterocycles. The van der Waals surface area contributed by atoms with Gasteiger partial charge in [0.25, 0.3) is 5.91 Å². The van der Waals surface area contributed by atoms with Crippen molar-refractivity contribution in [3.8, 4) is 5.69 Å². The molecule has 0 spiro atoms. The van der Waals surface area contributed by atoms with Gasteiger partial charge in [0.15, 0.2) is 0 Å². The topological polar surface area (TPSA) is 51.0 Å². The Morgan fingerprint density at radius 1 is 1.14 bits per heavy atom. The number of carbonyl (C=O) groups excluding carboxylic acids is 1. The zero-order chi connectivity index (χ0) is 20.0. The highest BCUT2D eigenvalue weighted by molar-refractivity contribution is 7.10. The maximum Gasteiger partial charge on any atom is 0.294 e. The first-order valence-corrected chi connectivity index (χ1v) is 11.4. The van der Waals surface area contributed by atoms with Crippen LogP contribution in [0, 0.1) is 6.92 Å². The van der Waals surface area contributed by atoms with Crippen molar-refractivity contribution in [3.05, 3.63) is 85.2 Å². The van der Waals surface area contributed by atoms with E-state index in [0.29, 0.717) is 17.4 Å². The smallest absolute Gasteiger partial charge is 0.294 e. The summed E-state index contributed by atoms with van der Waals surface area (Å²) in [4.78, 5) is 22.4. The van der Waals surface area contributed by atoms with Crippen LogP contribution in [-0.4, -0.2) is 32.1 Å². The average Bonchev–Trinajstić information content (AvgIpc) is 3.48. The number of aryl methyl sites for hydroxylation is 1. The number of thiophene rings is 2. The van der Waals surface area contributed by atoms with Gasteiger partial charge < -0.3 is 4.90 Å². The summed E-state index contributed by atoms with van der Waals surface area (Å²) in [7, 11) is 0.